The van der Waals surface area contributed by atoms with Crippen LogP contribution in [0.15, 0.2) is 59.1 Å². The molecule has 0 saturated heterocycles. The molecule has 1 heterocycles. The fourth-order valence-electron chi connectivity index (χ4n) is 4.82. The van der Waals surface area contributed by atoms with Gasteiger partial charge in [0, 0.05) is 27.2 Å². The Hall–Kier alpha value is -1.56. The Kier molecular flexibility index (Phi) is 6.98. The number of rotatable bonds is 5. The topological polar surface area (TPSA) is 30.5 Å². The smallest absolute Gasteiger partial charge is 0.175 e. The molecule has 0 fully saturated rings. The normalized spacial score (nSPS) is 20.5. The van der Waals surface area contributed by atoms with Gasteiger partial charge >= 0.3 is 0 Å². The summed E-state index contributed by atoms with van der Waals surface area (Å²) >= 11 is 28.8. The first-order valence-corrected chi connectivity index (χ1v) is 13.0. The number of nitrogens with one attached hydrogen (secondary N) is 1. The van der Waals surface area contributed by atoms with Crippen molar-refractivity contribution in [1.29, 1.82) is 0 Å². The lowest BCUT2D eigenvalue weighted by Crippen LogP contribution is -2.29. The first kappa shape index (κ1) is 24.1. The number of hydrogen-bond acceptors (Lipinski definition) is 3. The molecule has 8 heteroatoms. The summed E-state index contributed by atoms with van der Waals surface area (Å²) in [6.07, 6.45) is 5.43. The van der Waals surface area contributed by atoms with Gasteiger partial charge in [-0.2, -0.15) is 0 Å². The third kappa shape index (κ3) is 4.52. The Bertz CT molecular complexity index is 1300. The Morgan fingerprint density at radius 3 is 2.59 bits per heavy atom. The zero-order chi connectivity index (χ0) is 24.0. The summed E-state index contributed by atoms with van der Waals surface area (Å²) in [5, 5.41) is 5.99. The molecule has 34 heavy (non-hydrogen) atoms. The number of allylic oxidation sites excluding steroid dienone is 2. The second-order valence-corrected chi connectivity index (χ2v) is 10.9. The van der Waals surface area contributed by atoms with Crippen molar-refractivity contribution < 1.29 is 9.47 Å². The molecule has 0 bridgehead atoms. The van der Waals surface area contributed by atoms with Crippen LogP contribution in [0, 0.1) is 5.92 Å². The molecule has 5 rings (SSSR count). The van der Waals surface area contributed by atoms with E-state index in [1.807, 2.05) is 24.3 Å². The Morgan fingerprint density at radius 1 is 1.00 bits per heavy atom. The average molecular weight is 600 g/mol. The fraction of sp³-hybridized carbons (Fsp3) is 0.231. The molecule has 0 radical (unpaired) electrons. The number of anilines is 1. The molecule has 3 nitrogen and oxygen atoms in total. The molecule has 176 valence electrons. The van der Waals surface area contributed by atoms with Crippen LogP contribution in [0.25, 0.3) is 0 Å². The molecule has 2 aliphatic rings. The van der Waals surface area contributed by atoms with E-state index < -0.39 is 0 Å². The van der Waals surface area contributed by atoms with Crippen LogP contribution in [0.5, 0.6) is 11.5 Å². The third-order valence-corrected chi connectivity index (χ3v) is 8.22. The molecule has 0 aromatic heterocycles. The molecular formula is C26H20BrCl4NO2. The molecule has 3 atom stereocenters. The second kappa shape index (κ2) is 9.83. The zero-order valence-corrected chi connectivity index (χ0v) is 22.7. The van der Waals surface area contributed by atoms with Crippen molar-refractivity contribution in [2.24, 2.45) is 5.92 Å². The number of fused-ring (bicyclic) bond motifs is 3. The summed E-state index contributed by atoms with van der Waals surface area (Å²) in [7, 11) is 1.64. The molecule has 3 aromatic carbocycles. The van der Waals surface area contributed by atoms with Crippen molar-refractivity contribution in [1.82, 2.24) is 0 Å². The molecule has 1 aliphatic heterocycles. The van der Waals surface area contributed by atoms with E-state index in [1.54, 1.807) is 19.2 Å². The largest absolute Gasteiger partial charge is 0.493 e. The van der Waals surface area contributed by atoms with Crippen LogP contribution in [-0.4, -0.2) is 7.11 Å². The Morgan fingerprint density at radius 2 is 1.82 bits per heavy atom. The molecule has 0 spiro atoms. The first-order chi connectivity index (χ1) is 16.4. The van der Waals surface area contributed by atoms with Crippen LogP contribution in [0.4, 0.5) is 5.69 Å². The summed E-state index contributed by atoms with van der Waals surface area (Å²) in [6.45, 7) is 0.325. The van der Waals surface area contributed by atoms with Gasteiger partial charge in [0.2, 0.25) is 0 Å². The van der Waals surface area contributed by atoms with Crippen molar-refractivity contribution in [2.75, 3.05) is 12.4 Å². The van der Waals surface area contributed by atoms with E-state index in [2.05, 4.69) is 39.5 Å². The number of hydrogen-bond donors (Lipinski definition) is 1. The van der Waals surface area contributed by atoms with E-state index in [1.165, 1.54) is 0 Å². The molecule has 0 saturated carbocycles. The first-order valence-electron chi connectivity index (χ1n) is 10.7. The highest BCUT2D eigenvalue weighted by Crippen LogP contribution is 2.53. The summed E-state index contributed by atoms with van der Waals surface area (Å²) < 4.78 is 12.6. The zero-order valence-electron chi connectivity index (χ0n) is 18.0. The van der Waals surface area contributed by atoms with Gasteiger partial charge in [0.1, 0.15) is 6.61 Å². The second-order valence-electron chi connectivity index (χ2n) is 8.40. The minimum atomic E-state index is 0.0522. The van der Waals surface area contributed by atoms with Crippen LogP contribution in [0.1, 0.15) is 35.1 Å². The van der Waals surface area contributed by atoms with E-state index in [0.717, 1.165) is 33.3 Å². The maximum absolute atomic E-state index is 6.59. The number of halogens is 5. The number of ether oxygens (including phenoxy) is 2. The van der Waals surface area contributed by atoms with Gasteiger partial charge in [-0.25, -0.2) is 0 Å². The van der Waals surface area contributed by atoms with E-state index in [4.69, 9.17) is 55.9 Å². The number of benzene rings is 3. The van der Waals surface area contributed by atoms with Crippen molar-refractivity contribution in [3.05, 3.63) is 95.9 Å². The Labute approximate surface area is 227 Å². The average Bonchev–Trinajstić information content (AvgIpc) is 3.28. The molecule has 1 aliphatic carbocycles. The minimum absolute atomic E-state index is 0.0522. The predicted octanol–water partition coefficient (Wildman–Crippen LogP) is 9.48. The lowest BCUT2D eigenvalue weighted by Gasteiger charge is -2.38. The van der Waals surface area contributed by atoms with Crippen molar-refractivity contribution in [2.45, 2.75) is 25.0 Å². The predicted molar refractivity (Wildman–Crippen MR) is 144 cm³/mol. The van der Waals surface area contributed by atoms with Gasteiger partial charge < -0.3 is 14.8 Å². The van der Waals surface area contributed by atoms with Crippen LogP contribution >= 0.6 is 62.3 Å². The Balaban J connectivity index is 1.46. The fourth-order valence-corrected chi connectivity index (χ4v) is 6.33. The maximum Gasteiger partial charge on any atom is 0.175 e. The summed E-state index contributed by atoms with van der Waals surface area (Å²) in [6, 6.07) is 13.4. The lowest BCUT2D eigenvalue weighted by atomic mass is 9.77. The molecule has 0 amide bonds. The summed E-state index contributed by atoms with van der Waals surface area (Å²) in [5.74, 6) is 1.82. The highest BCUT2D eigenvalue weighted by Gasteiger charge is 2.39. The van der Waals surface area contributed by atoms with E-state index in [0.29, 0.717) is 44.1 Å². The van der Waals surface area contributed by atoms with E-state index in [-0.39, 0.29) is 12.0 Å². The third-order valence-electron chi connectivity index (χ3n) is 6.36. The van der Waals surface area contributed by atoms with Gasteiger partial charge in [-0.05, 0) is 75.8 Å². The van der Waals surface area contributed by atoms with Crippen molar-refractivity contribution in [3.63, 3.8) is 0 Å². The maximum atomic E-state index is 6.59. The van der Waals surface area contributed by atoms with Gasteiger partial charge in [-0.3, -0.25) is 0 Å². The van der Waals surface area contributed by atoms with Gasteiger partial charge in [0.25, 0.3) is 0 Å². The minimum Gasteiger partial charge on any atom is -0.493 e. The van der Waals surface area contributed by atoms with Gasteiger partial charge in [-0.1, -0.05) is 64.6 Å². The van der Waals surface area contributed by atoms with E-state index >= 15 is 0 Å². The highest BCUT2D eigenvalue weighted by atomic mass is 79.9. The molecular weight excluding hydrogens is 580 g/mol. The van der Waals surface area contributed by atoms with Gasteiger partial charge in [0.15, 0.2) is 11.5 Å². The quantitative estimate of drug-likeness (QED) is 0.296. The molecule has 0 unspecified atom stereocenters. The summed E-state index contributed by atoms with van der Waals surface area (Å²) in [5.41, 5.74) is 4.07. The van der Waals surface area contributed by atoms with Crippen molar-refractivity contribution >= 4 is 68.0 Å². The highest BCUT2D eigenvalue weighted by molar-refractivity contribution is 9.10. The summed E-state index contributed by atoms with van der Waals surface area (Å²) in [4.78, 5) is 0. The van der Waals surface area contributed by atoms with Gasteiger partial charge in [-0.15, -0.1) is 0 Å². The standard InChI is InChI=1S/C26H20BrCl4NO2/c1-33-23-9-14(8-18(27)26(23)34-12-13-5-6-19(29)20(30)7-13)25-17-4-2-3-16(17)24-21(31)10-15(28)11-22(24)32-25/h2-3,5-11,16-17,25,32H,4,12H2,1H3/t16-,17-,25-/m0/s1. The van der Waals surface area contributed by atoms with Crippen LogP contribution in [0.3, 0.4) is 0 Å². The van der Waals surface area contributed by atoms with Crippen LogP contribution < -0.4 is 14.8 Å². The lowest BCUT2D eigenvalue weighted by molar-refractivity contribution is 0.282. The van der Waals surface area contributed by atoms with Crippen molar-refractivity contribution in [3.8, 4) is 11.5 Å². The van der Waals surface area contributed by atoms with Gasteiger partial charge in [0.05, 0.1) is 27.7 Å². The SMILES string of the molecule is COc1cc([C@@H]2Nc3cc(Cl)cc(Cl)c3[C@H]3C=CC[C@@H]32)cc(Br)c1OCc1ccc(Cl)c(Cl)c1. The number of methoxy groups -OCH3 is 1. The molecule has 3 aromatic rings. The van der Waals surface area contributed by atoms with Crippen LogP contribution in [-0.2, 0) is 6.61 Å². The monoisotopic (exact) mass is 597 g/mol. The molecule has 1 N–H and O–H groups in total. The van der Waals surface area contributed by atoms with Crippen LogP contribution in [0.2, 0.25) is 20.1 Å². The van der Waals surface area contributed by atoms with E-state index in [9.17, 15) is 0 Å².